The number of Topliss-reactive ketones (excluding diaryl/α,β-unsaturated/α-hetero) is 1. The van der Waals surface area contributed by atoms with E-state index in [1.807, 2.05) is 36.4 Å². The Morgan fingerprint density at radius 2 is 1.78 bits per heavy atom. The van der Waals surface area contributed by atoms with E-state index in [9.17, 15) is 9.59 Å². The lowest BCUT2D eigenvalue weighted by Gasteiger charge is -2.07. The SMILES string of the molecule is COc1ccc2oc(-c3ccccc3)c(C(=O)Oc3ccc4c(c3)OC(=Cc3cccnc3)C4=O)c2c1. The number of allylic oxidation sites excluding steroid dienone is 1. The molecule has 6 rings (SSSR count). The molecule has 0 bridgehead atoms. The van der Waals surface area contributed by atoms with Crippen LogP contribution in [0.5, 0.6) is 17.2 Å². The van der Waals surface area contributed by atoms with E-state index in [1.54, 1.807) is 62.0 Å². The summed E-state index contributed by atoms with van der Waals surface area (Å²) in [5, 5.41) is 0.567. The largest absolute Gasteiger partial charge is 0.497 e. The van der Waals surface area contributed by atoms with Crippen molar-refractivity contribution in [2.75, 3.05) is 7.11 Å². The summed E-state index contributed by atoms with van der Waals surface area (Å²) in [6.45, 7) is 0. The number of hydrogen-bond donors (Lipinski definition) is 0. The van der Waals surface area contributed by atoms with Crippen molar-refractivity contribution in [1.29, 1.82) is 0 Å². The molecule has 5 aromatic rings. The molecular formula is C30H19NO6. The van der Waals surface area contributed by atoms with Crippen molar-refractivity contribution in [2.24, 2.45) is 0 Å². The van der Waals surface area contributed by atoms with Gasteiger partial charge in [0.05, 0.1) is 12.7 Å². The van der Waals surface area contributed by atoms with E-state index < -0.39 is 5.97 Å². The van der Waals surface area contributed by atoms with Crippen LogP contribution < -0.4 is 14.2 Å². The number of esters is 1. The summed E-state index contributed by atoms with van der Waals surface area (Å²) in [6.07, 6.45) is 4.91. The highest BCUT2D eigenvalue weighted by Gasteiger charge is 2.29. The lowest BCUT2D eigenvalue weighted by molar-refractivity contribution is 0.0736. The Balaban J connectivity index is 1.34. The highest BCUT2D eigenvalue weighted by molar-refractivity contribution is 6.15. The molecule has 0 amide bonds. The first-order valence-electron chi connectivity index (χ1n) is 11.5. The van der Waals surface area contributed by atoms with Gasteiger partial charge in [-0.1, -0.05) is 36.4 Å². The number of carbonyl (C=O) groups is 2. The Bertz CT molecular complexity index is 1690. The second-order valence-electron chi connectivity index (χ2n) is 8.31. The molecule has 3 heterocycles. The summed E-state index contributed by atoms with van der Waals surface area (Å²) in [6, 6.07) is 22.9. The van der Waals surface area contributed by atoms with Gasteiger partial charge in [-0.15, -0.1) is 0 Å². The lowest BCUT2D eigenvalue weighted by Crippen LogP contribution is -2.09. The van der Waals surface area contributed by atoms with Gasteiger partial charge in [-0.2, -0.15) is 0 Å². The molecule has 1 aliphatic rings. The molecule has 0 unspecified atom stereocenters. The summed E-state index contributed by atoms with van der Waals surface area (Å²) >= 11 is 0. The fourth-order valence-electron chi connectivity index (χ4n) is 4.20. The second kappa shape index (κ2) is 9.13. The van der Waals surface area contributed by atoms with Crippen LogP contribution in [0.4, 0.5) is 0 Å². The van der Waals surface area contributed by atoms with Crippen molar-refractivity contribution in [1.82, 2.24) is 4.98 Å². The molecule has 0 radical (unpaired) electrons. The number of hydrogen-bond acceptors (Lipinski definition) is 7. The molecule has 0 spiro atoms. The zero-order valence-corrected chi connectivity index (χ0v) is 19.6. The lowest BCUT2D eigenvalue weighted by atomic mass is 10.1. The van der Waals surface area contributed by atoms with Crippen LogP contribution in [0.3, 0.4) is 0 Å². The zero-order chi connectivity index (χ0) is 25.4. The average molecular weight is 489 g/mol. The molecule has 0 saturated carbocycles. The molecule has 0 saturated heterocycles. The maximum absolute atomic E-state index is 13.5. The fourth-order valence-corrected chi connectivity index (χ4v) is 4.20. The predicted molar refractivity (Wildman–Crippen MR) is 137 cm³/mol. The summed E-state index contributed by atoms with van der Waals surface area (Å²) in [4.78, 5) is 30.3. The standard InChI is InChI=1S/C30H19NO6/c1-34-20-10-12-24-23(15-20)27(29(37-24)19-7-3-2-4-8-19)30(33)35-21-9-11-22-25(16-21)36-26(28(22)32)14-18-6-5-13-31-17-18/h2-17H,1H3. The minimum Gasteiger partial charge on any atom is -0.497 e. The number of nitrogens with zero attached hydrogens (tertiary/aromatic N) is 1. The van der Waals surface area contributed by atoms with Gasteiger partial charge < -0.3 is 18.6 Å². The Morgan fingerprint density at radius 1 is 0.946 bits per heavy atom. The summed E-state index contributed by atoms with van der Waals surface area (Å²) in [5.41, 5.74) is 2.66. The van der Waals surface area contributed by atoms with Crippen LogP contribution in [0.25, 0.3) is 28.4 Å². The van der Waals surface area contributed by atoms with Crippen LogP contribution in [0.15, 0.2) is 101 Å². The van der Waals surface area contributed by atoms with Crippen molar-refractivity contribution >= 4 is 28.8 Å². The number of carbonyl (C=O) groups excluding carboxylic acids is 2. The number of ketones is 1. The molecule has 0 aliphatic carbocycles. The van der Waals surface area contributed by atoms with E-state index in [2.05, 4.69) is 4.98 Å². The molecule has 1 aliphatic heterocycles. The van der Waals surface area contributed by atoms with Gasteiger partial charge in [-0.3, -0.25) is 9.78 Å². The normalized spacial score (nSPS) is 13.4. The van der Waals surface area contributed by atoms with E-state index in [0.29, 0.717) is 33.8 Å². The van der Waals surface area contributed by atoms with Crippen molar-refractivity contribution in [3.63, 3.8) is 0 Å². The number of benzene rings is 3. The Hall–Kier alpha value is -5.17. The highest BCUT2D eigenvalue weighted by atomic mass is 16.5. The third-order valence-corrected chi connectivity index (χ3v) is 5.97. The smallest absolute Gasteiger partial charge is 0.348 e. The third-order valence-electron chi connectivity index (χ3n) is 5.97. The topological polar surface area (TPSA) is 87.9 Å². The number of furan rings is 1. The Morgan fingerprint density at radius 3 is 2.57 bits per heavy atom. The number of methoxy groups -OCH3 is 1. The quantitative estimate of drug-likeness (QED) is 0.162. The predicted octanol–water partition coefficient (Wildman–Crippen LogP) is 6.34. The van der Waals surface area contributed by atoms with Gasteiger partial charge in [-0.25, -0.2) is 4.79 Å². The summed E-state index contributed by atoms with van der Waals surface area (Å²) in [5.74, 6) is 0.827. The van der Waals surface area contributed by atoms with Gasteiger partial charge in [0.2, 0.25) is 5.78 Å². The number of rotatable bonds is 5. The molecule has 37 heavy (non-hydrogen) atoms. The van der Waals surface area contributed by atoms with Gasteiger partial charge >= 0.3 is 5.97 Å². The van der Waals surface area contributed by atoms with Crippen LogP contribution in [0.1, 0.15) is 26.3 Å². The van der Waals surface area contributed by atoms with Crippen molar-refractivity contribution in [3.8, 4) is 28.6 Å². The van der Waals surface area contributed by atoms with E-state index >= 15 is 0 Å². The molecule has 0 N–H and O–H groups in total. The van der Waals surface area contributed by atoms with Crippen molar-refractivity contribution in [3.05, 3.63) is 114 Å². The third kappa shape index (κ3) is 4.12. The number of fused-ring (bicyclic) bond motifs is 2. The Kier molecular flexibility index (Phi) is 5.50. The van der Waals surface area contributed by atoms with Gasteiger partial charge in [0.1, 0.15) is 34.2 Å². The molecule has 7 heteroatoms. The van der Waals surface area contributed by atoms with Gasteiger partial charge in [0.15, 0.2) is 5.76 Å². The maximum atomic E-state index is 13.5. The van der Waals surface area contributed by atoms with Crippen molar-refractivity contribution < 1.29 is 28.2 Å². The van der Waals surface area contributed by atoms with Crippen LogP contribution in [-0.2, 0) is 0 Å². The molecular weight excluding hydrogens is 470 g/mol. The summed E-state index contributed by atoms with van der Waals surface area (Å²) < 4.78 is 23.0. The van der Waals surface area contributed by atoms with Gasteiger partial charge in [-0.05, 0) is 48.0 Å². The molecule has 7 nitrogen and oxygen atoms in total. The van der Waals surface area contributed by atoms with Crippen LogP contribution >= 0.6 is 0 Å². The Labute approximate surface area is 211 Å². The van der Waals surface area contributed by atoms with Crippen LogP contribution in [-0.4, -0.2) is 23.8 Å². The monoisotopic (exact) mass is 489 g/mol. The second-order valence-corrected chi connectivity index (χ2v) is 8.31. The minimum atomic E-state index is -0.610. The van der Waals surface area contributed by atoms with Crippen LogP contribution in [0.2, 0.25) is 0 Å². The average Bonchev–Trinajstić information content (AvgIpc) is 3.46. The number of pyridine rings is 1. The molecule has 3 aromatic carbocycles. The van der Waals surface area contributed by atoms with E-state index in [-0.39, 0.29) is 22.9 Å². The molecule has 0 atom stereocenters. The zero-order valence-electron chi connectivity index (χ0n) is 19.6. The first kappa shape index (κ1) is 22.3. The fraction of sp³-hybridized carbons (Fsp3) is 0.0333. The van der Waals surface area contributed by atoms with E-state index in [1.165, 1.54) is 6.07 Å². The highest BCUT2D eigenvalue weighted by Crippen LogP contribution is 2.38. The number of aromatic nitrogens is 1. The maximum Gasteiger partial charge on any atom is 0.348 e. The first-order valence-corrected chi connectivity index (χ1v) is 11.5. The van der Waals surface area contributed by atoms with E-state index in [4.69, 9.17) is 18.6 Å². The van der Waals surface area contributed by atoms with Gasteiger partial charge in [0.25, 0.3) is 0 Å². The first-order chi connectivity index (χ1) is 18.1. The minimum absolute atomic E-state index is 0.172. The molecule has 0 fully saturated rings. The van der Waals surface area contributed by atoms with E-state index in [0.717, 1.165) is 11.1 Å². The van der Waals surface area contributed by atoms with Gasteiger partial charge in [0, 0.05) is 29.4 Å². The van der Waals surface area contributed by atoms with Crippen LogP contribution in [0, 0.1) is 0 Å². The molecule has 180 valence electrons. The number of ether oxygens (including phenoxy) is 3. The van der Waals surface area contributed by atoms with Crippen molar-refractivity contribution in [2.45, 2.75) is 0 Å². The molecule has 2 aromatic heterocycles. The summed E-state index contributed by atoms with van der Waals surface area (Å²) in [7, 11) is 1.56.